The van der Waals surface area contributed by atoms with Gasteiger partial charge in [-0.15, -0.1) is 0 Å². The summed E-state index contributed by atoms with van der Waals surface area (Å²) in [5.41, 5.74) is 5.47. The quantitative estimate of drug-likeness (QED) is 0.208. The van der Waals surface area contributed by atoms with Crippen LogP contribution in [0.5, 0.6) is 0 Å². The standard InChI is InChI=1S/C36H40BrN7O3/c1-21-8-9-32(37)41-28(21)14-30(46)29-15-36-10-6-4-5-7-11-38-17-25-12-24(26-18-39-23(3)40-19-26)13-27-34(22(2)45)42-43(35(25)27)20-33(47)44(29)31(36)16-36/h8-9,12-13,18-19,29,31,38H,4-7,10-11,14-17,20H2,1-3H3/t29-,31+,36-/m0/s1. The number of nitrogens with one attached hydrogen (secondary N) is 1. The zero-order valence-corrected chi connectivity index (χ0v) is 28.8. The number of rotatable bonds is 5. The molecule has 11 heteroatoms. The molecule has 10 nitrogen and oxygen atoms in total. The Kier molecular flexibility index (Phi) is 8.55. The summed E-state index contributed by atoms with van der Waals surface area (Å²) in [7, 11) is 0. The molecule has 2 bridgehead atoms. The summed E-state index contributed by atoms with van der Waals surface area (Å²) in [6.45, 7) is 6.70. The van der Waals surface area contributed by atoms with Crippen molar-refractivity contribution in [1.29, 1.82) is 0 Å². The van der Waals surface area contributed by atoms with Gasteiger partial charge in [0.15, 0.2) is 11.6 Å². The monoisotopic (exact) mass is 697 g/mol. The number of Topliss-reactive ketones (excluding diaryl/α,β-unsaturated/α-hetero) is 2. The predicted molar refractivity (Wildman–Crippen MR) is 182 cm³/mol. The molecule has 5 heterocycles. The van der Waals surface area contributed by atoms with Gasteiger partial charge in [-0.3, -0.25) is 19.1 Å². The smallest absolute Gasteiger partial charge is 0.245 e. The normalized spacial score (nSPS) is 23.1. The topological polar surface area (TPSA) is 123 Å². The van der Waals surface area contributed by atoms with Crippen molar-refractivity contribution < 1.29 is 14.4 Å². The van der Waals surface area contributed by atoms with Crippen LogP contribution in [0.1, 0.15) is 85.0 Å². The van der Waals surface area contributed by atoms with Crippen LogP contribution < -0.4 is 5.32 Å². The molecule has 2 fully saturated rings. The van der Waals surface area contributed by atoms with E-state index in [1.165, 1.54) is 6.92 Å². The van der Waals surface area contributed by atoms with Gasteiger partial charge < -0.3 is 10.2 Å². The lowest BCUT2D eigenvalue weighted by atomic mass is 9.90. The van der Waals surface area contributed by atoms with Crippen LogP contribution >= 0.6 is 15.9 Å². The van der Waals surface area contributed by atoms with E-state index in [4.69, 9.17) is 5.10 Å². The van der Waals surface area contributed by atoms with E-state index in [-0.39, 0.29) is 41.9 Å². The number of carbonyl (C=O) groups is 3. The number of halogens is 1. The number of ketones is 2. The van der Waals surface area contributed by atoms with E-state index in [1.807, 2.05) is 36.9 Å². The Bertz CT molecular complexity index is 1890. The lowest BCUT2D eigenvalue weighted by molar-refractivity contribution is -0.139. The van der Waals surface area contributed by atoms with E-state index >= 15 is 0 Å². The molecule has 47 heavy (non-hydrogen) atoms. The summed E-state index contributed by atoms with van der Waals surface area (Å²) in [5, 5.41) is 9.06. The van der Waals surface area contributed by atoms with Crippen LogP contribution in [0.15, 0.2) is 41.3 Å². The van der Waals surface area contributed by atoms with Crippen molar-refractivity contribution >= 4 is 44.3 Å². The average molecular weight is 699 g/mol. The first-order valence-electron chi connectivity index (χ1n) is 16.6. The van der Waals surface area contributed by atoms with E-state index in [2.05, 4.69) is 42.3 Å². The van der Waals surface area contributed by atoms with Gasteiger partial charge in [-0.05, 0) is 102 Å². The highest BCUT2D eigenvalue weighted by Gasteiger charge is 2.66. The third-order valence-electron chi connectivity index (χ3n) is 10.3. The summed E-state index contributed by atoms with van der Waals surface area (Å²) in [6.07, 6.45) is 10.8. The van der Waals surface area contributed by atoms with E-state index in [9.17, 15) is 14.4 Å². The molecule has 1 aromatic carbocycles. The van der Waals surface area contributed by atoms with Gasteiger partial charge >= 0.3 is 0 Å². The first-order chi connectivity index (χ1) is 22.6. The molecule has 2 aliphatic heterocycles. The minimum atomic E-state index is -0.500. The average Bonchev–Trinajstić information content (AvgIpc) is 3.44. The van der Waals surface area contributed by atoms with Gasteiger partial charge in [-0.2, -0.15) is 5.10 Å². The minimum Gasteiger partial charge on any atom is -0.327 e. The molecule has 1 saturated heterocycles. The second-order valence-electron chi connectivity index (χ2n) is 13.6. The lowest BCUT2D eigenvalue weighted by Gasteiger charge is -2.27. The van der Waals surface area contributed by atoms with Crippen LogP contribution in [0.3, 0.4) is 0 Å². The summed E-state index contributed by atoms with van der Waals surface area (Å²) in [5.74, 6) is 0.409. The molecular formula is C36H40BrN7O3. The maximum atomic E-state index is 14.4. The Hall–Kier alpha value is -3.83. The largest absolute Gasteiger partial charge is 0.327 e. The van der Waals surface area contributed by atoms with E-state index in [0.717, 1.165) is 78.5 Å². The number of hydrogen-bond donors (Lipinski definition) is 1. The number of hydrogen-bond acceptors (Lipinski definition) is 8. The van der Waals surface area contributed by atoms with Gasteiger partial charge in [-0.25, -0.2) is 15.0 Å². The number of nitrogens with zero attached hydrogens (tertiary/aromatic N) is 6. The zero-order chi connectivity index (χ0) is 32.9. The van der Waals surface area contributed by atoms with Crippen LogP contribution in [0, 0.1) is 19.3 Å². The molecule has 3 aliphatic rings. The fourth-order valence-corrected chi connectivity index (χ4v) is 8.11. The van der Waals surface area contributed by atoms with Gasteiger partial charge in [0.1, 0.15) is 22.7 Å². The molecule has 1 saturated carbocycles. The number of pyridine rings is 1. The highest BCUT2D eigenvalue weighted by atomic mass is 79.9. The molecule has 1 N–H and O–H groups in total. The Morgan fingerprint density at radius 1 is 1.04 bits per heavy atom. The van der Waals surface area contributed by atoms with Crippen molar-refractivity contribution in [1.82, 2.24) is 34.9 Å². The number of aromatic nitrogens is 5. The Morgan fingerprint density at radius 3 is 2.62 bits per heavy atom. The minimum absolute atomic E-state index is 0.00203. The van der Waals surface area contributed by atoms with Gasteiger partial charge in [0, 0.05) is 42.9 Å². The van der Waals surface area contributed by atoms with Crippen molar-refractivity contribution in [2.24, 2.45) is 5.41 Å². The number of benzene rings is 1. The van der Waals surface area contributed by atoms with Crippen LogP contribution in [0.25, 0.3) is 22.0 Å². The van der Waals surface area contributed by atoms with Crippen molar-refractivity contribution in [2.45, 2.75) is 97.3 Å². The fraction of sp³-hybridized carbons (Fsp3) is 0.472. The Balaban J connectivity index is 1.28. The number of carbonyl (C=O) groups excluding carboxylic acids is 3. The first kappa shape index (κ1) is 31.8. The Labute approximate surface area is 282 Å². The van der Waals surface area contributed by atoms with Crippen molar-refractivity contribution in [3.8, 4) is 11.1 Å². The molecule has 244 valence electrons. The van der Waals surface area contributed by atoms with Crippen LogP contribution in [0.2, 0.25) is 0 Å². The van der Waals surface area contributed by atoms with Crippen LogP contribution in [0.4, 0.5) is 0 Å². The molecule has 7 rings (SSSR count). The number of amides is 1. The second-order valence-corrected chi connectivity index (χ2v) is 14.4. The molecule has 4 aromatic rings. The van der Waals surface area contributed by atoms with E-state index in [1.54, 1.807) is 17.1 Å². The lowest BCUT2D eigenvalue weighted by Crippen LogP contribution is -2.45. The van der Waals surface area contributed by atoms with E-state index in [0.29, 0.717) is 34.5 Å². The summed E-state index contributed by atoms with van der Waals surface area (Å²) in [4.78, 5) is 56.6. The number of piperidine rings is 1. The molecule has 0 unspecified atom stereocenters. The maximum absolute atomic E-state index is 14.4. The van der Waals surface area contributed by atoms with Gasteiger partial charge in [0.2, 0.25) is 5.91 Å². The molecule has 1 aliphatic carbocycles. The van der Waals surface area contributed by atoms with Crippen molar-refractivity contribution in [3.05, 3.63) is 69.6 Å². The molecule has 3 atom stereocenters. The third-order valence-corrected chi connectivity index (χ3v) is 10.8. The van der Waals surface area contributed by atoms with Crippen molar-refractivity contribution in [2.75, 3.05) is 6.54 Å². The van der Waals surface area contributed by atoms with Crippen molar-refractivity contribution in [3.63, 3.8) is 0 Å². The van der Waals surface area contributed by atoms with Gasteiger partial charge in [0.25, 0.3) is 0 Å². The van der Waals surface area contributed by atoms with E-state index < -0.39 is 6.04 Å². The summed E-state index contributed by atoms with van der Waals surface area (Å²) < 4.78 is 2.38. The predicted octanol–water partition coefficient (Wildman–Crippen LogP) is 5.70. The molecule has 0 radical (unpaired) electrons. The SMILES string of the molecule is CC(=O)c1nn2c3c(cc(-c4cnc(C)nc4)cc13)CNCCCCCC[C@@]13C[C@@H](C(=O)Cc4nc(Br)ccc4C)N(C(=O)C2)[C@@H]1C3. The van der Waals surface area contributed by atoms with Crippen LogP contribution in [-0.2, 0) is 29.1 Å². The Morgan fingerprint density at radius 2 is 1.83 bits per heavy atom. The first-order valence-corrected chi connectivity index (χ1v) is 17.4. The van der Waals surface area contributed by atoms with Gasteiger partial charge in [-0.1, -0.05) is 25.3 Å². The third kappa shape index (κ3) is 6.15. The number of aryl methyl sites for hydroxylation is 2. The van der Waals surface area contributed by atoms with Gasteiger partial charge in [0.05, 0.1) is 23.7 Å². The highest BCUT2D eigenvalue weighted by molar-refractivity contribution is 9.10. The molecule has 3 aromatic heterocycles. The highest BCUT2D eigenvalue weighted by Crippen LogP contribution is 2.62. The van der Waals surface area contributed by atoms with Crippen LogP contribution in [-0.4, -0.2) is 65.7 Å². The molecular weight excluding hydrogens is 658 g/mol. The zero-order valence-electron chi connectivity index (χ0n) is 27.2. The molecule has 0 spiro atoms. The summed E-state index contributed by atoms with van der Waals surface area (Å²) in [6, 6.07) is 7.43. The second kappa shape index (κ2) is 12.6. The summed E-state index contributed by atoms with van der Waals surface area (Å²) >= 11 is 3.45. The maximum Gasteiger partial charge on any atom is 0.245 e. The fourth-order valence-electron chi connectivity index (χ4n) is 7.77. The molecule has 1 amide bonds.